The zero-order valence-corrected chi connectivity index (χ0v) is 22.9. The Balaban J connectivity index is 1.63. The summed E-state index contributed by atoms with van der Waals surface area (Å²) in [4.78, 5) is 27.0. The number of sulfonamides is 1. The van der Waals surface area contributed by atoms with Crippen molar-refractivity contribution in [3.63, 3.8) is 0 Å². The second kappa shape index (κ2) is 12.1. The summed E-state index contributed by atoms with van der Waals surface area (Å²) in [6.07, 6.45) is 1.29. The molecule has 0 unspecified atom stereocenters. The third-order valence-corrected chi connectivity index (χ3v) is 6.86. The van der Waals surface area contributed by atoms with Crippen LogP contribution in [0.2, 0.25) is 5.02 Å². The summed E-state index contributed by atoms with van der Waals surface area (Å²) in [6, 6.07) is 10.2. The van der Waals surface area contributed by atoms with E-state index >= 15 is 0 Å². The fraction of sp³-hybridized carbons (Fsp3) is 0.462. The van der Waals surface area contributed by atoms with Crippen molar-refractivity contribution in [2.75, 3.05) is 26.3 Å². The number of ketones is 1. The number of halogens is 1. The molecule has 0 fully saturated rings. The minimum atomic E-state index is -4.12. The highest BCUT2D eigenvalue weighted by atomic mass is 35.5. The number of primary sulfonamides is 1. The maximum Gasteiger partial charge on any atom is 0.410 e. The molecule has 0 saturated heterocycles. The van der Waals surface area contributed by atoms with E-state index in [4.69, 9.17) is 31.0 Å². The Kier molecular flexibility index (Phi) is 9.44. The average Bonchev–Trinajstić information content (AvgIpc) is 2.81. The number of hydrogen-bond donors (Lipinski definition) is 1. The van der Waals surface area contributed by atoms with Gasteiger partial charge in [-0.1, -0.05) is 29.8 Å². The number of unbranched alkanes of at least 4 members (excludes halogenated alkanes) is 1. The van der Waals surface area contributed by atoms with E-state index in [2.05, 4.69) is 0 Å². The number of nitrogens with two attached hydrogens (primary N) is 1. The number of carbonyl (C=O) groups excluding carboxylic acids is 2. The van der Waals surface area contributed by atoms with Gasteiger partial charge in [0.05, 0.1) is 0 Å². The zero-order chi connectivity index (χ0) is 27.2. The number of fused-ring (bicyclic) bond motifs is 1. The molecule has 1 amide bonds. The first-order valence-corrected chi connectivity index (χ1v) is 14.0. The van der Waals surface area contributed by atoms with Gasteiger partial charge >= 0.3 is 6.09 Å². The van der Waals surface area contributed by atoms with Crippen LogP contribution in [0.15, 0.2) is 41.3 Å². The van der Waals surface area contributed by atoms with Gasteiger partial charge in [0.15, 0.2) is 17.3 Å². The van der Waals surface area contributed by atoms with E-state index < -0.39 is 21.7 Å². The van der Waals surface area contributed by atoms with E-state index in [9.17, 15) is 18.0 Å². The Bertz CT molecular complexity index is 1240. The van der Waals surface area contributed by atoms with Crippen LogP contribution in [0.1, 0.15) is 56.0 Å². The van der Waals surface area contributed by atoms with Crippen molar-refractivity contribution in [3.05, 3.63) is 52.5 Å². The zero-order valence-electron chi connectivity index (χ0n) is 21.3. The average molecular weight is 553 g/mol. The minimum absolute atomic E-state index is 0.0248. The monoisotopic (exact) mass is 552 g/mol. The third kappa shape index (κ3) is 8.34. The summed E-state index contributed by atoms with van der Waals surface area (Å²) in [5, 5.41) is 5.96. The lowest BCUT2D eigenvalue weighted by Gasteiger charge is -2.27. The van der Waals surface area contributed by atoms with E-state index in [1.54, 1.807) is 31.7 Å². The second-order valence-electron chi connectivity index (χ2n) is 9.73. The van der Waals surface area contributed by atoms with Gasteiger partial charge in [-0.05, 0) is 63.8 Å². The molecule has 9 nitrogen and oxygen atoms in total. The summed E-state index contributed by atoms with van der Waals surface area (Å²) in [7, 11) is -4.12. The summed E-state index contributed by atoms with van der Waals surface area (Å²) in [5.41, 5.74) is 0.461. The molecule has 0 atom stereocenters. The van der Waals surface area contributed by atoms with Crippen molar-refractivity contribution in [1.82, 2.24) is 4.90 Å². The van der Waals surface area contributed by atoms with Crippen molar-refractivity contribution >= 4 is 33.5 Å². The van der Waals surface area contributed by atoms with Crippen molar-refractivity contribution in [3.8, 4) is 11.5 Å². The number of hydrogen-bond acceptors (Lipinski definition) is 7. The topological polar surface area (TPSA) is 125 Å². The molecule has 0 saturated carbocycles. The molecule has 2 aromatic rings. The van der Waals surface area contributed by atoms with Gasteiger partial charge in [0, 0.05) is 30.1 Å². The van der Waals surface area contributed by atoms with E-state index in [0.717, 1.165) is 5.56 Å². The molecule has 37 heavy (non-hydrogen) atoms. The van der Waals surface area contributed by atoms with Gasteiger partial charge in [-0.25, -0.2) is 18.4 Å². The molecule has 2 N–H and O–H groups in total. The van der Waals surface area contributed by atoms with E-state index in [1.807, 2.05) is 18.2 Å². The van der Waals surface area contributed by atoms with E-state index in [1.165, 1.54) is 12.1 Å². The van der Waals surface area contributed by atoms with E-state index in [0.29, 0.717) is 37.4 Å². The van der Waals surface area contributed by atoms with Crippen LogP contribution in [0, 0.1) is 0 Å². The van der Waals surface area contributed by atoms with Gasteiger partial charge in [0.1, 0.15) is 23.7 Å². The number of nitrogens with zero attached hydrogens (tertiary/aromatic N) is 1. The van der Waals surface area contributed by atoms with Gasteiger partial charge in [0.2, 0.25) is 10.0 Å². The molecule has 0 spiro atoms. The van der Waals surface area contributed by atoms with Crippen molar-refractivity contribution in [1.29, 1.82) is 0 Å². The van der Waals surface area contributed by atoms with Crippen LogP contribution >= 0.6 is 11.6 Å². The van der Waals surface area contributed by atoms with Gasteiger partial charge < -0.3 is 19.1 Å². The van der Waals surface area contributed by atoms with Crippen molar-refractivity contribution in [2.45, 2.75) is 57.0 Å². The number of ether oxygens (including phenoxy) is 3. The molecule has 3 rings (SSSR count). The van der Waals surface area contributed by atoms with Crippen LogP contribution in [0.25, 0.3) is 0 Å². The number of Topliss-reactive ketones (excluding diaryl/α,β-unsaturated/α-hetero) is 1. The number of benzene rings is 2. The largest absolute Gasteiger partial charge is 0.486 e. The molecule has 0 aromatic heterocycles. The quantitative estimate of drug-likeness (QED) is 0.337. The van der Waals surface area contributed by atoms with Gasteiger partial charge in [-0.15, -0.1) is 0 Å². The molecule has 1 heterocycles. The minimum Gasteiger partial charge on any atom is -0.486 e. The molecular formula is C26H33ClN2O7S. The number of rotatable bonds is 10. The lowest BCUT2D eigenvalue weighted by atomic mass is 10.0. The highest BCUT2D eigenvalue weighted by Gasteiger charge is 2.26. The Hall–Kier alpha value is -2.82. The number of carbonyl (C=O) groups is 2. The first-order chi connectivity index (χ1) is 17.3. The molecule has 1 aliphatic heterocycles. The molecule has 2 aromatic carbocycles. The highest BCUT2D eigenvalue weighted by molar-refractivity contribution is 7.89. The highest BCUT2D eigenvalue weighted by Crippen LogP contribution is 2.37. The summed E-state index contributed by atoms with van der Waals surface area (Å²) in [5.74, 6) is -0.0598. The lowest BCUT2D eigenvalue weighted by molar-refractivity contribution is 0.0249. The summed E-state index contributed by atoms with van der Waals surface area (Å²) < 4.78 is 40.5. The predicted octanol–water partition coefficient (Wildman–Crippen LogP) is 4.59. The lowest BCUT2D eigenvalue weighted by Crippen LogP contribution is -2.38. The molecule has 11 heteroatoms. The smallest absolute Gasteiger partial charge is 0.410 e. The van der Waals surface area contributed by atoms with Crippen LogP contribution in [-0.4, -0.2) is 57.1 Å². The van der Waals surface area contributed by atoms with Crippen molar-refractivity contribution < 1.29 is 32.2 Å². The normalized spacial score (nSPS) is 13.2. The maximum atomic E-state index is 12.9. The molecule has 202 valence electrons. The van der Waals surface area contributed by atoms with Gasteiger partial charge in [-0.3, -0.25) is 4.79 Å². The Morgan fingerprint density at radius 3 is 2.46 bits per heavy atom. The fourth-order valence-corrected chi connectivity index (χ4v) is 4.74. The van der Waals surface area contributed by atoms with Crippen LogP contribution in [-0.2, 0) is 21.2 Å². The van der Waals surface area contributed by atoms with Crippen molar-refractivity contribution in [2.24, 2.45) is 5.14 Å². The van der Waals surface area contributed by atoms with Gasteiger partial charge in [0.25, 0.3) is 0 Å². The van der Waals surface area contributed by atoms with Gasteiger partial charge in [-0.2, -0.15) is 0 Å². The molecular weight excluding hydrogens is 520 g/mol. The summed E-state index contributed by atoms with van der Waals surface area (Å²) >= 11 is 6.26. The number of amides is 1. The second-order valence-corrected chi connectivity index (χ2v) is 11.7. The first-order valence-electron chi connectivity index (χ1n) is 12.1. The van der Waals surface area contributed by atoms with Crippen LogP contribution < -0.4 is 14.6 Å². The molecule has 1 aliphatic rings. The molecule has 0 radical (unpaired) electrons. The van der Waals surface area contributed by atoms with Crippen LogP contribution in [0.5, 0.6) is 11.5 Å². The fourth-order valence-electron chi connectivity index (χ4n) is 3.80. The first kappa shape index (κ1) is 28.7. The van der Waals surface area contributed by atoms with Crippen LogP contribution in [0.4, 0.5) is 4.79 Å². The SMILES string of the molecule is CC(C)(C)OC(=O)N(CCCCC(=O)c1cc2c(c(S(N)(=O)=O)c1)OCCO2)CCc1ccccc1Cl. The Morgan fingerprint density at radius 2 is 1.78 bits per heavy atom. The predicted molar refractivity (Wildman–Crippen MR) is 140 cm³/mol. The third-order valence-electron chi connectivity index (χ3n) is 5.58. The maximum absolute atomic E-state index is 12.9. The summed E-state index contributed by atoms with van der Waals surface area (Å²) in [6.45, 7) is 6.64. The van der Waals surface area contributed by atoms with Crippen LogP contribution in [0.3, 0.4) is 0 Å². The molecule has 0 aliphatic carbocycles. The molecule has 0 bridgehead atoms. The Morgan fingerprint density at radius 1 is 1.08 bits per heavy atom. The van der Waals surface area contributed by atoms with E-state index in [-0.39, 0.29) is 47.4 Å². The Labute approximate surface area is 222 Å². The standard InChI is InChI=1S/C26H33ClN2O7S/c1-26(2,3)36-25(31)29(13-11-18-8-4-5-9-20(18)27)12-7-6-10-21(30)19-16-22-24(35-15-14-34-22)23(17-19)37(28,32)33/h4-5,8-9,16-17H,6-7,10-15H2,1-3H3,(H2,28,32,33).